The highest BCUT2D eigenvalue weighted by Crippen LogP contribution is 2.48. The van der Waals surface area contributed by atoms with E-state index in [2.05, 4.69) is 18.8 Å². The van der Waals surface area contributed by atoms with Crippen LogP contribution in [-0.4, -0.2) is 16.6 Å². The molecule has 0 aliphatic heterocycles. The Balaban J connectivity index is 2.02. The number of hydrogen-bond donors (Lipinski definition) is 1. The molecule has 1 aliphatic carbocycles. The molecule has 1 aliphatic rings. The van der Waals surface area contributed by atoms with Gasteiger partial charge in [-0.3, -0.25) is 9.59 Å². The third kappa shape index (κ3) is 2.65. The van der Waals surface area contributed by atoms with Crippen LogP contribution in [0.25, 0.3) is 0 Å². The molecular weight excluding hydrogens is 286 g/mol. The average Bonchev–Trinajstić information content (AvgIpc) is 3.03. The Morgan fingerprint density at radius 1 is 1.09 bits per heavy atom. The zero-order valence-corrected chi connectivity index (χ0v) is 14.2. The van der Waals surface area contributed by atoms with E-state index in [1.54, 1.807) is 6.20 Å². The molecule has 0 saturated heterocycles. The van der Waals surface area contributed by atoms with Gasteiger partial charge in [0.15, 0.2) is 5.78 Å². The first-order chi connectivity index (χ1) is 10.7. The maximum absolute atomic E-state index is 12.9. The normalized spacial score (nSPS) is 23.2. The Morgan fingerprint density at radius 3 is 2.30 bits per heavy atom. The van der Waals surface area contributed by atoms with Gasteiger partial charge in [-0.2, -0.15) is 0 Å². The van der Waals surface area contributed by atoms with Crippen LogP contribution in [0.15, 0.2) is 36.7 Å². The molecule has 3 nitrogen and oxygen atoms in total. The Kier molecular flexibility index (Phi) is 3.55. The molecule has 2 aromatic rings. The molecule has 1 saturated carbocycles. The molecule has 0 amide bonds. The topological polar surface area (TPSA) is 49.9 Å². The fourth-order valence-corrected chi connectivity index (χ4v) is 3.86. The molecule has 1 aromatic carbocycles. The Morgan fingerprint density at radius 2 is 1.74 bits per heavy atom. The Labute approximate surface area is 137 Å². The summed E-state index contributed by atoms with van der Waals surface area (Å²) in [5.74, 6) is 0.194. The van der Waals surface area contributed by atoms with Crippen molar-refractivity contribution >= 4 is 11.6 Å². The fraction of sp³-hybridized carbons (Fsp3) is 0.400. The summed E-state index contributed by atoms with van der Waals surface area (Å²) in [5.41, 5.74) is 2.62. The van der Waals surface area contributed by atoms with E-state index < -0.39 is 5.41 Å². The second-order valence-corrected chi connectivity index (χ2v) is 7.75. The minimum Gasteiger partial charge on any atom is -0.367 e. The summed E-state index contributed by atoms with van der Waals surface area (Å²) in [5, 5.41) is 0. The zero-order valence-electron chi connectivity index (χ0n) is 14.2. The number of ketones is 2. The molecule has 3 heteroatoms. The third-order valence-electron chi connectivity index (χ3n) is 4.98. The van der Waals surface area contributed by atoms with E-state index in [9.17, 15) is 9.59 Å². The number of Topliss-reactive ketones (excluding diaryl/α,β-unsaturated/α-hetero) is 1. The summed E-state index contributed by atoms with van der Waals surface area (Å²) in [6.45, 7) is 8.20. The van der Waals surface area contributed by atoms with Gasteiger partial charge in [-0.25, -0.2) is 0 Å². The highest BCUT2D eigenvalue weighted by atomic mass is 16.1. The lowest BCUT2D eigenvalue weighted by Crippen LogP contribution is -2.28. The predicted octanol–water partition coefficient (Wildman–Crippen LogP) is 4.20. The van der Waals surface area contributed by atoms with Crippen molar-refractivity contribution in [2.24, 2.45) is 5.41 Å². The van der Waals surface area contributed by atoms with E-state index in [1.165, 1.54) is 0 Å². The average molecular weight is 309 g/mol. The highest BCUT2D eigenvalue weighted by molar-refractivity contribution is 6.11. The smallest absolute Gasteiger partial charge is 0.194 e. The van der Waals surface area contributed by atoms with Crippen molar-refractivity contribution in [3.05, 3.63) is 58.9 Å². The van der Waals surface area contributed by atoms with Crippen molar-refractivity contribution in [3.8, 4) is 0 Å². The molecule has 23 heavy (non-hydrogen) atoms. The van der Waals surface area contributed by atoms with Crippen molar-refractivity contribution in [1.82, 2.24) is 4.98 Å². The Hall–Kier alpha value is -2.16. The number of hydrogen-bond acceptors (Lipinski definition) is 2. The van der Waals surface area contributed by atoms with E-state index in [1.807, 2.05) is 44.3 Å². The number of H-pyrrole nitrogens is 1. The second-order valence-electron chi connectivity index (χ2n) is 7.75. The first kappa shape index (κ1) is 15.7. The standard InChI is InChI=1S/C20H23NO2/c1-13-5-7-14(8-6-13)18(23)15-10-21-11-16(15)20(4)12-19(2,3)9-17(20)22/h5-8,10-11,21H,9,12H2,1-4H3. The lowest BCUT2D eigenvalue weighted by atomic mass is 9.76. The number of rotatable bonds is 3. The minimum absolute atomic E-state index is 0.0206. The van der Waals surface area contributed by atoms with Crippen LogP contribution in [0.1, 0.15) is 60.7 Å². The summed E-state index contributed by atoms with van der Waals surface area (Å²) in [4.78, 5) is 28.6. The molecule has 0 spiro atoms. The number of aromatic nitrogens is 1. The van der Waals surface area contributed by atoms with Crippen molar-refractivity contribution in [1.29, 1.82) is 0 Å². The number of benzene rings is 1. The zero-order chi connectivity index (χ0) is 16.8. The minimum atomic E-state index is -0.584. The van der Waals surface area contributed by atoms with Crippen LogP contribution in [0.3, 0.4) is 0 Å². The molecule has 1 aromatic heterocycles. The van der Waals surface area contributed by atoms with Crippen LogP contribution in [0.4, 0.5) is 0 Å². The van der Waals surface area contributed by atoms with Gasteiger partial charge in [0.1, 0.15) is 5.78 Å². The van der Waals surface area contributed by atoms with E-state index >= 15 is 0 Å². The number of carbonyl (C=O) groups excluding carboxylic acids is 2. The van der Waals surface area contributed by atoms with Gasteiger partial charge in [-0.15, -0.1) is 0 Å². The number of aryl methyl sites for hydroxylation is 1. The van der Waals surface area contributed by atoms with Gasteiger partial charge in [0, 0.05) is 29.9 Å². The lowest BCUT2D eigenvalue weighted by molar-refractivity contribution is -0.121. The van der Waals surface area contributed by atoms with Crippen LogP contribution in [-0.2, 0) is 10.2 Å². The third-order valence-corrected chi connectivity index (χ3v) is 4.98. The van der Waals surface area contributed by atoms with Crippen molar-refractivity contribution in [2.75, 3.05) is 0 Å². The molecule has 3 rings (SSSR count). The van der Waals surface area contributed by atoms with Crippen LogP contribution in [0.2, 0.25) is 0 Å². The highest BCUT2D eigenvalue weighted by Gasteiger charge is 2.49. The van der Waals surface area contributed by atoms with Gasteiger partial charge in [0.05, 0.1) is 5.41 Å². The Bertz CT molecular complexity index is 767. The second kappa shape index (κ2) is 5.19. The number of nitrogens with one attached hydrogen (secondary N) is 1. The molecule has 1 unspecified atom stereocenters. The van der Waals surface area contributed by atoms with Crippen LogP contribution < -0.4 is 0 Å². The SMILES string of the molecule is Cc1ccc(C(=O)c2c[nH]cc2C2(C)CC(C)(C)CC2=O)cc1. The van der Waals surface area contributed by atoms with Gasteiger partial charge in [-0.1, -0.05) is 43.7 Å². The lowest BCUT2D eigenvalue weighted by Gasteiger charge is -2.25. The molecule has 0 radical (unpaired) electrons. The quantitative estimate of drug-likeness (QED) is 0.864. The summed E-state index contributed by atoms with van der Waals surface area (Å²) >= 11 is 0. The molecule has 1 fully saturated rings. The summed E-state index contributed by atoms with van der Waals surface area (Å²) in [6, 6.07) is 7.56. The van der Waals surface area contributed by atoms with Crippen molar-refractivity contribution in [3.63, 3.8) is 0 Å². The van der Waals surface area contributed by atoms with Gasteiger partial charge < -0.3 is 4.98 Å². The summed E-state index contributed by atoms with van der Waals surface area (Å²) in [7, 11) is 0. The molecule has 120 valence electrons. The van der Waals surface area contributed by atoms with Crippen LogP contribution >= 0.6 is 0 Å². The molecular formula is C20H23NO2. The van der Waals surface area contributed by atoms with Crippen molar-refractivity contribution in [2.45, 2.75) is 46.0 Å². The number of aromatic amines is 1. The van der Waals surface area contributed by atoms with Gasteiger partial charge in [0.2, 0.25) is 0 Å². The monoisotopic (exact) mass is 309 g/mol. The van der Waals surface area contributed by atoms with E-state index in [4.69, 9.17) is 0 Å². The van der Waals surface area contributed by atoms with E-state index in [0.29, 0.717) is 17.5 Å². The predicted molar refractivity (Wildman–Crippen MR) is 90.8 cm³/mol. The molecule has 1 atom stereocenters. The summed E-state index contributed by atoms with van der Waals surface area (Å²) < 4.78 is 0. The largest absolute Gasteiger partial charge is 0.367 e. The van der Waals surface area contributed by atoms with E-state index in [0.717, 1.165) is 17.5 Å². The van der Waals surface area contributed by atoms with Gasteiger partial charge >= 0.3 is 0 Å². The van der Waals surface area contributed by atoms with Crippen LogP contribution in [0.5, 0.6) is 0 Å². The summed E-state index contributed by atoms with van der Waals surface area (Å²) in [6.07, 6.45) is 4.87. The maximum atomic E-state index is 12.9. The molecule has 1 N–H and O–H groups in total. The number of carbonyl (C=O) groups is 2. The molecule has 0 bridgehead atoms. The van der Waals surface area contributed by atoms with Crippen LogP contribution in [0, 0.1) is 12.3 Å². The fourth-order valence-electron chi connectivity index (χ4n) is 3.86. The van der Waals surface area contributed by atoms with Crippen molar-refractivity contribution < 1.29 is 9.59 Å². The first-order valence-corrected chi connectivity index (χ1v) is 8.05. The maximum Gasteiger partial charge on any atom is 0.194 e. The molecule has 1 heterocycles. The van der Waals surface area contributed by atoms with E-state index in [-0.39, 0.29) is 17.0 Å². The van der Waals surface area contributed by atoms with Gasteiger partial charge in [0.25, 0.3) is 0 Å². The first-order valence-electron chi connectivity index (χ1n) is 8.05. The van der Waals surface area contributed by atoms with Gasteiger partial charge in [-0.05, 0) is 31.2 Å².